The maximum Gasteiger partial charge on any atom is 0.0948 e. The Labute approximate surface area is 101 Å². The van der Waals surface area contributed by atoms with Gasteiger partial charge in [0.2, 0.25) is 0 Å². The van der Waals surface area contributed by atoms with E-state index < -0.39 is 0 Å². The fourth-order valence-corrected chi connectivity index (χ4v) is 2.14. The van der Waals surface area contributed by atoms with Gasteiger partial charge in [0.1, 0.15) is 0 Å². The van der Waals surface area contributed by atoms with Crippen LogP contribution in [0, 0.1) is 0 Å². The topological polar surface area (TPSA) is 42.7 Å². The quantitative estimate of drug-likeness (QED) is 0.855. The van der Waals surface area contributed by atoms with Gasteiger partial charge in [0.05, 0.1) is 6.33 Å². The maximum absolute atomic E-state index is 4.34. The zero-order valence-corrected chi connectivity index (χ0v) is 9.71. The third kappa shape index (κ3) is 2.22. The molecule has 3 rings (SSSR count). The van der Waals surface area contributed by atoms with E-state index >= 15 is 0 Å². The van der Waals surface area contributed by atoms with E-state index in [1.807, 2.05) is 30.9 Å². The summed E-state index contributed by atoms with van der Waals surface area (Å²) >= 11 is 0. The summed E-state index contributed by atoms with van der Waals surface area (Å²) in [6, 6.07) is 6.06. The minimum absolute atomic E-state index is 0.640. The van der Waals surface area contributed by atoms with Crippen LogP contribution in [-0.4, -0.2) is 27.6 Å². The van der Waals surface area contributed by atoms with Gasteiger partial charge in [-0.25, -0.2) is 4.98 Å². The molecule has 0 aromatic carbocycles. The highest BCUT2D eigenvalue weighted by molar-refractivity contribution is 5.12. The van der Waals surface area contributed by atoms with Crippen LogP contribution in [0.5, 0.6) is 0 Å². The summed E-state index contributed by atoms with van der Waals surface area (Å²) in [5.74, 6) is 0.640. The van der Waals surface area contributed by atoms with Crippen molar-refractivity contribution in [1.29, 1.82) is 0 Å². The second-order valence-electron chi connectivity index (χ2n) is 4.44. The molecule has 0 saturated carbocycles. The van der Waals surface area contributed by atoms with Crippen LogP contribution < -0.4 is 5.32 Å². The molecule has 2 aromatic rings. The predicted molar refractivity (Wildman–Crippen MR) is 65.8 cm³/mol. The minimum Gasteiger partial charge on any atom is -0.334 e. The van der Waals surface area contributed by atoms with E-state index in [1.54, 1.807) is 0 Å². The molecule has 2 aromatic heterocycles. The van der Waals surface area contributed by atoms with Gasteiger partial charge in [-0.3, -0.25) is 4.98 Å². The van der Waals surface area contributed by atoms with Gasteiger partial charge in [0, 0.05) is 55.8 Å². The molecule has 4 nitrogen and oxygen atoms in total. The van der Waals surface area contributed by atoms with E-state index in [1.165, 1.54) is 5.69 Å². The number of aryl methyl sites for hydroxylation is 2. The molecule has 88 valence electrons. The first-order chi connectivity index (χ1) is 8.43. The van der Waals surface area contributed by atoms with Crippen LogP contribution in [0.25, 0.3) is 0 Å². The largest absolute Gasteiger partial charge is 0.334 e. The lowest BCUT2D eigenvalue weighted by molar-refractivity contribution is 0.423. The first-order valence-corrected chi connectivity index (χ1v) is 6.04. The van der Waals surface area contributed by atoms with Crippen LogP contribution in [0.3, 0.4) is 0 Å². The second-order valence-corrected chi connectivity index (χ2v) is 4.44. The molecule has 0 bridgehead atoms. The van der Waals surface area contributed by atoms with Crippen molar-refractivity contribution < 1.29 is 0 Å². The van der Waals surface area contributed by atoms with E-state index in [9.17, 15) is 0 Å². The molecule has 3 heterocycles. The van der Waals surface area contributed by atoms with Crippen LogP contribution in [0.1, 0.15) is 17.3 Å². The van der Waals surface area contributed by atoms with E-state index in [4.69, 9.17) is 0 Å². The molecule has 0 atom stereocenters. The van der Waals surface area contributed by atoms with E-state index in [0.717, 1.165) is 31.7 Å². The highest BCUT2D eigenvalue weighted by Gasteiger charge is 2.21. The van der Waals surface area contributed by atoms with Crippen molar-refractivity contribution in [1.82, 2.24) is 19.9 Å². The second kappa shape index (κ2) is 4.67. The average molecular weight is 228 g/mol. The van der Waals surface area contributed by atoms with Gasteiger partial charge in [0.15, 0.2) is 0 Å². The van der Waals surface area contributed by atoms with E-state index in [0.29, 0.717) is 5.92 Å². The number of imidazole rings is 1. The maximum atomic E-state index is 4.34. The number of nitrogens with zero attached hydrogens (tertiary/aromatic N) is 3. The van der Waals surface area contributed by atoms with Gasteiger partial charge in [-0.15, -0.1) is 0 Å². The number of pyridine rings is 1. The Hall–Kier alpha value is -1.68. The summed E-state index contributed by atoms with van der Waals surface area (Å²) < 4.78 is 2.25. The molecule has 1 aliphatic heterocycles. The van der Waals surface area contributed by atoms with Crippen LogP contribution in [-0.2, 0) is 13.0 Å². The molecule has 0 radical (unpaired) electrons. The van der Waals surface area contributed by atoms with Crippen LogP contribution >= 0.6 is 0 Å². The third-order valence-electron chi connectivity index (χ3n) is 3.28. The monoisotopic (exact) mass is 228 g/mol. The lowest BCUT2D eigenvalue weighted by Gasteiger charge is -2.27. The summed E-state index contributed by atoms with van der Waals surface area (Å²) in [6.45, 7) is 3.12. The zero-order chi connectivity index (χ0) is 11.5. The zero-order valence-electron chi connectivity index (χ0n) is 9.71. The molecule has 1 aliphatic rings. The van der Waals surface area contributed by atoms with Crippen LogP contribution in [0.15, 0.2) is 36.9 Å². The fourth-order valence-electron chi connectivity index (χ4n) is 2.14. The summed E-state index contributed by atoms with van der Waals surface area (Å²) in [5, 5.41) is 3.30. The van der Waals surface area contributed by atoms with Gasteiger partial charge < -0.3 is 9.88 Å². The van der Waals surface area contributed by atoms with Crippen molar-refractivity contribution >= 4 is 0 Å². The van der Waals surface area contributed by atoms with Gasteiger partial charge in [0.25, 0.3) is 0 Å². The molecular formula is C13H16N4. The number of nitrogens with one attached hydrogen (secondary N) is 1. The summed E-state index contributed by atoms with van der Waals surface area (Å²) in [5.41, 5.74) is 2.48. The molecule has 17 heavy (non-hydrogen) atoms. The van der Waals surface area contributed by atoms with Gasteiger partial charge in [-0.1, -0.05) is 6.07 Å². The van der Waals surface area contributed by atoms with Gasteiger partial charge >= 0.3 is 0 Å². The highest BCUT2D eigenvalue weighted by Crippen LogP contribution is 2.19. The van der Waals surface area contributed by atoms with E-state index in [-0.39, 0.29) is 0 Å². The Bertz CT molecular complexity index is 473. The first kappa shape index (κ1) is 10.5. The van der Waals surface area contributed by atoms with Gasteiger partial charge in [-0.2, -0.15) is 0 Å². The molecular weight excluding hydrogens is 212 g/mol. The van der Waals surface area contributed by atoms with Crippen molar-refractivity contribution in [3.05, 3.63) is 48.3 Å². The molecule has 4 heteroatoms. The molecule has 1 fully saturated rings. The standard InChI is InChI=1S/C13H16N4/c1-2-5-16-12(3-1)4-6-17-10-15-9-13(17)11-7-14-8-11/h1-3,5,9-11,14H,4,6-8H2. The van der Waals surface area contributed by atoms with Crippen molar-refractivity contribution in [2.24, 2.45) is 0 Å². The van der Waals surface area contributed by atoms with E-state index in [2.05, 4.69) is 25.9 Å². The first-order valence-electron chi connectivity index (χ1n) is 6.04. The molecule has 0 amide bonds. The normalized spacial score (nSPS) is 15.8. The SMILES string of the molecule is c1ccc(CCn2cncc2C2CNC2)nc1. The Morgan fingerprint density at radius 2 is 2.29 bits per heavy atom. The van der Waals surface area contributed by atoms with Crippen molar-refractivity contribution in [3.63, 3.8) is 0 Å². The molecule has 0 aliphatic carbocycles. The predicted octanol–water partition coefficient (Wildman–Crippen LogP) is 1.21. The number of aromatic nitrogens is 3. The lowest BCUT2D eigenvalue weighted by Crippen LogP contribution is -2.40. The highest BCUT2D eigenvalue weighted by atomic mass is 15.1. The fraction of sp³-hybridized carbons (Fsp3) is 0.385. The molecule has 1 N–H and O–H groups in total. The smallest absolute Gasteiger partial charge is 0.0948 e. The molecule has 0 spiro atoms. The Morgan fingerprint density at radius 3 is 3.00 bits per heavy atom. The molecule has 1 saturated heterocycles. The van der Waals surface area contributed by atoms with Crippen molar-refractivity contribution in [3.8, 4) is 0 Å². The number of hydrogen-bond donors (Lipinski definition) is 1. The summed E-state index contributed by atoms with van der Waals surface area (Å²) in [6.07, 6.45) is 6.73. The van der Waals surface area contributed by atoms with Crippen LogP contribution in [0.2, 0.25) is 0 Å². The number of hydrogen-bond acceptors (Lipinski definition) is 3. The molecule has 0 unspecified atom stereocenters. The third-order valence-corrected chi connectivity index (χ3v) is 3.28. The average Bonchev–Trinajstić information content (AvgIpc) is 2.74. The lowest BCUT2D eigenvalue weighted by atomic mass is 10.00. The Morgan fingerprint density at radius 1 is 1.35 bits per heavy atom. The Kier molecular flexibility index (Phi) is 2.88. The van der Waals surface area contributed by atoms with Crippen molar-refractivity contribution in [2.75, 3.05) is 13.1 Å². The van der Waals surface area contributed by atoms with Crippen molar-refractivity contribution in [2.45, 2.75) is 18.9 Å². The number of rotatable bonds is 4. The van der Waals surface area contributed by atoms with Gasteiger partial charge in [-0.05, 0) is 12.1 Å². The summed E-state index contributed by atoms with van der Waals surface area (Å²) in [4.78, 5) is 8.59. The minimum atomic E-state index is 0.640. The summed E-state index contributed by atoms with van der Waals surface area (Å²) in [7, 11) is 0. The van der Waals surface area contributed by atoms with Crippen LogP contribution in [0.4, 0.5) is 0 Å². The Balaban J connectivity index is 1.67.